The molecule has 2 aromatic rings. The molecule has 1 aromatic heterocycles. The van der Waals surface area contributed by atoms with E-state index in [4.69, 9.17) is 4.52 Å². The molecule has 1 atom stereocenters. The van der Waals surface area contributed by atoms with Crippen LogP contribution < -0.4 is 0 Å². The minimum absolute atomic E-state index is 0.464. The molecule has 1 aliphatic heterocycles. The van der Waals surface area contributed by atoms with Crippen LogP contribution in [-0.4, -0.2) is 16.6 Å². The maximum atomic E-state index is 5.33. The van der Waals surface area contributed by atoms with Gasteiger partial charge in [-0.15, -0.1) is 0 Å². The van der Waals surface area contributed by atoms with Gasteiger partial charge >= 0.3 is 0 Å². The Morgan fingerprint density at radius 1 is 1.26 bits per heavy atom. The number of aromatic nitrogens is 1. The highest BCUT2D eigenvalue weighted by molar-refractivity contribution is 5.26. The molecule has 2 heterocycles. The average molecular weight is 256 g/mol. The molecular formula is C16H20N2O. The van der Waals surface area contributed by atoms with E-state index in [0.717, 1.165) is 24.5 Å². The minimum atomic E-state index is 0.464. The van der Waals surface area contributed by atoms with E-state index in [1.807, 2.05) is 13.8 Å². The maximum Gasteiger partial charge on any atom is 0.138 e. The zero-order chi connectivity index (χ0) is 13.2. The molecule has 3 nitrogen and oxygen atoms in total. The number of rotatable bonds is 3. The van der Waals surface area contributed by atoms with Crippen molar-refractivity contribution in [2.45, 2.75) is 39.3 Å². The van der Waals surface area contributed by atoms with E-state index in [1.165, 1.54) is 24.0 Å². The molecule has 19 heavy (non-hydrogen) atoms. The fraction of sp³-hybridized carbons (Fsp3) is 0.438. The summed E-state index contributed by atoms with van der Waals surface area (Å²) in [6.07, 6.45) is 2.46. The molecule has 0 spiro atoms. The quantitative estimate of drug-likeness (QED) is 0.839. The first-order valence-electron chi connectivity index (χ1n) is 6.96. The van der Waals surface area contributed by atoms with Crippen LogP contribution in [-0.2, 0) is 6.54 Å². The summed E-state index contributed by atoms with van der Waals surface area (Å²) in [7, 11) is 0. The molecule has 0 saturated carbocycles. The summed E-state index contributed by atoms with van der Waals surface area (Å²) in [4.78, 5) is 2.54. The van der Waals surface area contributed by atoms with Crippen LogP contribution in [0.1, 0.15) is 41.5 Å². The monoisotopic (exact) mass is 256 g/mol. The van der Waals surface area contributed by atoms with Gasteiger partial charge in [0, 0.05) is 18.2 Å². The Kier molecular flexibility index (Phi) is 3.38. The van der Waals surface area contributed by atoms with Crippen molar-refractivity contribution in [3.8, 4) is 0 Å². The van der Waals surface area contributed by atoms with Crippen LogP contribution in [0.3, 0.4) is 0 Å². The number of aryl methyl sites for hydroxylation is 2. The molecular weight excluding hydrogens is 236 g/mol. The largest absolute Gasteiger partial charge is 0.361 e. The van der Waals surface area contributed by atoms with Crippen LogP contribution in [0, 0.1) is 13.8 Å². The smallest absolute Gasteiger partial charge is 0.138 e. The lowest BCUT2D eigenvalue weighted by atomic mass is 10.0. The van der Waals surface area contributed by atoms with Crippen LogP contribution in [0.5, 0.6) is 0 Å². The molecule has 1 aromatic carbocycles. The summed E-state index contributed by atoms with van der Waals surface area (Å²) in [5.41, 5.74) is 3.72. The first kappa shape index (κ1) is 12.4. The van der Waals surface area contributed by atoms with Gasteiger partial charge < -0.3 is 4.52 Å². The van der Waals surface area contributed by atoms with Gasteiger partial charge in [-0.05, 0) is 38.8 Å². The van der Waals surface area contributed by atoms with Crippen molar-refractivity contribution in [1.82, 2.24) is 10.1 Å². The van der Waals surface area contributed by atoms with Crippen molar-refractivity contribution in [2.75, 3.05) is 6.54 Å². The summed E-state index contributed by atoms with van der Waals surface area (Å²) >= 11 is 0. The van der Waals surface area contributed by atoms with Gasteiger partial charge in [-0.1, -0.05) is 35.5 Å². The van der Waals surface area contributed by atoms with Gasteiger partial charge in [0.05, 0.1) is 5.69 Å². The van der Waals surface area contributed by atoms with E-state index >= 15 is 0 Å². The van der Waals surface area contributed by atoms with Gasteiger partial charge in [0.25, 0.3) is 0 Å². The topological polar surface area (TPSA) is 29.3 Å². The van der Waals surface area contributed by atoms with Crippen LogP contribution in [0.25, 0.3) is 0 Å². The van der Waals surface area contributed by atoms with Gasteiger partial charge in [0.2, 0.25) is 0 Å². The average Bonchev–Trinajstić information content (AvgIpc) is 2.98. The van der Waals surface area contributed by atoms with E-state index in [1.54, 1.807) is 0 Å². The highest BCUT2D eigenvalue weighted by atomic mass is 16.5. The van der Waals surface area contributed by atoms with Crippen molar-refractivity contribution in [3.63, 3.8) is 0 Å². The maximum absolute atomic E-state index is 5.33. The SMILES string of the molecule is Cc1noc(C)c1C1CCCN1Cc1ccccc1. The highest BCUT2D eigenvalue weighted by Gasteiger charge is 2.30. The number of nitrogens with zero attached hydrogens (tertiary/aromatic N) is 2. The number of hydrogen-bond donors (Lipinski definition) is 0. The molecule has 0 N–H and O–H groups in total. The van der Waals surface area contributed by atoms with Crippen molar-refractivity contribution in [1.29, 1.82) is 0 Å². The second-order valence-electron chi connectivity index (χ2n) is 5.35. The fourth-order valence-electron chi connectivity index (χ4n) is 3.13. The molecule has 1 saturated heterocycles. The zero-order valence-electron chi connectivity index (χ0n) is 11.6. The third-order valence-electron chi connectivity index (χ3n) is 4.01. The summed E-state index contributed by atoms with van der Waals surface area (Å²) in [5, 5.41) is 4.10. The molecule has 1 aliphatic rings. The second kappa shape index (κ2) is 5.17. The van der Waals surface area contributed by atoms with Gasteiger partial charge in [0.15, 0.2) is 0 Å². The fourth-order valence-corrected chi connectivity index (χ4v) is 3.13. The summed E-state index contributed by atoms with van der Waals surface area (Å²) in [5.74, 6) is 0.975. The Balaban J connectivity index is 1.82. The van der Waals surface area contributed by atoms with Crippen molar-refractivity contribution < 1.29 is 4.52 Å². The summed E-state index contributed by atoms with van der Waals surface area (Å²) in [6, 6.07) is 11.1. The Hall–Kier alpha value is -1.61. The molecule has 1 fully saturated rings. The summed E-state index contributed by atoms with van der Waals surface area (Å²) in [6.45, 7) is 6.23. The molecule has 0 aliphatic carbocycles. The molecule has 0 radical (unpaired) electrons. The Labute approximate surface area is 114 Å². The summed E-state index contributed by atoms with van der Waals surface area (Å²) < 4.78 is 5.33. The normalized spacial score (nSPS) is 20.0. The Morgan fingerprint density at radius 2 is 2.05 bits per heavy atom. The molecule has 0 bridgehead atoms. The predicted molar refractivity (Wildman–Crippen MR) is 74.8 cm³/mol. The van der Waals surface area contributed by atoms with Crippen LogP contribution >= 0.6 is 0 Å². The van der Waals surface area contributed by atoms with E-state index in [-0.39, 0.29) is 0 Å². The van der Waals surface area contributed by atoms with Crippen LogP contribution in [0.15, 0.2) is 34.9 Å². The lowest BCUT2D eigenvalue weighted by Crippen LogP contribution is -2.23. The molecule has 3 heteroatoms. The van der Waals surface area contributed by atoms with Crippen molar-refractivity contribution in [2.24, 2.45) is 0 Å². The first-order chi connectivity index (χ1) is 9.25. The third kappa shape index (κ3) is 2.43. The molecule has 1 unspecified atom stereocenters. The molecule has 0 amide bonds. The third-order valence-corrected chi connectivity index (χ3v) is 4.01. The number of likely N-dealkylation sites (tertiary alicyclic amines) is 1. The minimum Gasteiger partial charge on any atom is -0.361 e. The Bertz CT molecular complexity index is 528. The van der Waals surface area contributed by atoms with Crippen molar-refractivity contribution in [3.05, 3.63) is 52.9 Å². The number of benzene rings is 1. The van der Waals surface area contributed by atoms with Gasteiger partial charge in [-0.25, -0.2) is 0 Å². The van der Waals surface area contributed by atoms with E-state index in [9.17, 15) is 0 Å². The highest BCUT2D eigenvalue weighted by Crippen LogP contribution is 2.36. The second-order valence-corrected chi connectivity index (χ2v) is 5.35. The van der Waals surface area contributed by atoms with Crippen LogP contribution in [0.2, 0.25) is 0 Å². The predicted octanol–water partition coefficient (Wildman–Crippen LogP) is 3.63. The zero-order valence-corrected chi connectivity index (χ0v) is 11.6. The lowest BCUT2D eigenvalue weighted by Gasteiger charge is -2.24. The standard InChI is InChI=1S/C16H20N2O/c1-12-16(13(2)19-17-12)15-9-6-10-18(15)11-14-7-4-3-5-8-14/h3-5,7-8,15H,6,9-11H2,1-2H3. The van der Waals surface area contributed by atoms with E-state index < -0.39 is 0 Å². The van der Waals surface area contributed by atoms with E-state index in [2.05, 4.69) is 40.4 Å². The van der Waals surface area contributed by atoms with Gasteiger partial charge in [-0.2, -0.15) is 0 Å². The molecule has 100 valence electrons. The van der Waals surface area contributed by atoms with Gasteiger partial charge in [0.1, 0.15) is 5.76 Å². The lowest BCUT2D eigenvalue weighted by molar-refractivity contribution is 0.245. The van der Waals surface area contributed by atoms with E-state index in [0.29, 0.717) is 6.04 Å². The van der Waals surface area contributed by atoms with Crippen LogP contribution in [0.4, 0.5) is 0 Å². The van der Waals surface area contributed by atoms with Crippen molar-refractivity contribution >= 4 is 0 Å². The Morgan fingerprint density at radius 3 is 2.74 bits per heavy atom. The molecule has 3 rings (SSSR count). The number of hydrogen-bond acceptors (Lipinski definition) is 3. The van der Waals surface area contributed by atoms with Gasteiger partial charge in [-0.3, -0.25) is 4.90 Å². The first-order valence-corrected chi connectivity index (χ1v) is 6.96.